The highest BCUT2D eigenvalue weighted by molar-refractivity contribution is 5.98. The number of carbonyl (C=O) groups is 1. The van der Waals surface area contributed by atoms with Crippen LogP contribution in [0, 0.1) is 5.95 Å². The highest BCUT2D eigenvalue weighted by Crippen LogP contribution is 2.23. The topological polar surface area (TPSA) is 42.0 Å². The SMILES string of the molecule is O=C1Cc2ccnc(F)c2N1. The van der Waals surface area contributed by atoms with Gasteiger partial charge in [0.25, 0.3) is 0 Å². The van der Waals surface area contributed by atoms with Crippen LogP contribution in [0.4, 0.5) is 10.1 Å². The average Bonchev–Trinajstić information content (AvgIpc) is 2.31. The molecule has 0 saturated carbocycles. The van der Waals surface area contributed by atoms with E-state index in [2.05, 4.69) is 10.3 Å². The molecule has 4 heteroatoms. The summed E-state index contributed by atoms with van der Waals surface area (Å²) in [5.74, 6) is -0.778. The van der Waals surface area contributed by atoms with Gasteiger partial charge in [-0.15, -0.1) is 0 Å². The second-order valence-corrected chi connectivity index (χ2v) is 2.36. The molecular weight excluding hydrogens is 147 g/mol. The highest BCUT2D eigenvalue weighted by Gasteiger charge is 2.20. The minimum absolute atomic E-state index is 0.174. The van der Waals surface area contributed by atoms with Crippen molar-refractivity contribution in [2.45, 2.75) is 6.42 Å². The summed E-state index contributed by atoms with van der Waals surface area (Å²) in [4.78, 5) is 14.2. The maximum Gasteiger partial charge on any atom is 0.236 e. The van der Waals surface area contributed by atoms with Gasteiger partial charge in [0.1, 0.15) is 5.69 Å². The molecule has 3 nitrogen and oxygen atoms in total. The molecule has 2 heterocycles. The van der Waals surface area contributed by atoms with Crippen molar-refractivity contribution in [3.8, 4) is 0 Å². The van der Waals surface area contributed by atoms with Crippen molar-refractivity contribution in [3.05, 3.63) is 23.8 Å². The number of carbonyl (C=O) groups excluding carboxylic acids is 1. The Morgan fingerprint density at radius 1 is 1.64 bits per heavy atom. The van der Waals surface area contributed by atoms with Crippen molar-refractivity contribution in [2.75, 3.05) is 5.32 Å². The summed E-state index contributed by atoms with van der Waals surface area (Å²) in [7, 11) is 0. The number of anilines is 1. The van der Waals surface area contributed by atoms with Crippen LogP contribution in [-0.4, -0.2) is 10.9 Å². The van der Waals surface area contributed by atoms with Crippen molar-refractivity contribution in [2.24, 2.45) is 0 Å². The summed E-state index contributed by atoms with van der Waals surface area (Å²) in [5.41, 5.74) is 0.917. The Morgan fingerprint density at radius 2 is 2.45 bits per heavy atom. The van der Waals surface area contributed by atoms with Crippen LogP contribution in [-0.2, 0) is 11.2 Å². The molecule has 1 aliphatic rings. The number of aromatic nitrogens is 1. The van der Waals surface area contributed by atoms with Crippen LogP contribution in [0.5, 0.6) is 0 Å². The van der Waals surface area contributed by atoms with Crippen LogP contribution >= 0.6 is 0 Å². The molecule has 0 radical (unpaired) electrons. The third-order valence-electron chi connectivity index (χ3n) is 1.61. The smallest absolute Gasteiger partial charge is 0.236 e. The van der Waals surface area contributed by atoms with E-state index >= 15 is 0 Å². The Balaban J connectivity index is 2.57. The summed E-state index contributed by atoms with van der Waals surface area (Å²) >= 11 is 0. The largest absolute Gasteiger partial charge is 0.322 e. The van der Waals surface area contributed by atoms with Gasteiger partial charge in [-0.25, -0.2) is 4.98 Å². The summed E-state index contributed by atoms with van der Waals surface area (Å²) in [6, 6.07) is 1.64. The maximum absolute atomic E-state index is 12.7. The van der Waals surface area contributed by atoms with Gasteiger partial charge in [-0.3, -0.25) is 4.79 Å². The molecule has 0 fully saturated rings. The lowest BCUT2D eigenvalue weighted by Crippen LogP contribution is -2.04. The minimum atomic E-state index is -0.603. The normalized spacial score (nSPS) is 14.5. The highest BCUT2D eigenvalue weighted by atomic mass is 19.1. The Hall–Kier alpha value is -1.45. The van der Waals surface area contributed by atoms with Crippen LogP contribution in [0.25, 0.3) is 0 Å². The van der Waals surface area contributed by atoms with Gasteiger partial charge < -0.3 is 5.32 Å². The quantitative estimate of drug-likeness (QED) is 0.556. The second-order valence-electron chi connectivity index (χ2n) is 2.36. The first-order valence-electron chi connectivity index (χ1n) is 3.20. The van der Waals surface area contributed by atoms with Crippen LogP contribution in [0.15, 0.2) is 12.3 Å². The fraction of sp³-hybridized carbons (Fsp3) is 0.143. The standard InChI is InChI=1S/C7H5FN2O/c8-7-6-4(1-2-9-7)3-5(11)10-6/h1-2H,3H2,(H,10,11). The monoisotopic (exact) mass is 152 g/mol. The van der Waals surface area contributed by atoms with E-state index in [0.29, 0.717) is 5.56 Å². The molecule has 1 aromatic heterocycles. The number of hydrogen-bond acceptors (Lipinski definition) is 2. The molecule has 2 rings (SSSR count). The zero-order chi connectivity index (χ0) is 7.84. The molecule has 0 atom stereocenters. The number of nitrogens with zero attached hydrogens (tertiary/aromatic N) is 1. The van der Waals surface area contributed by atoms with Crippen molar-refractivity contribution >= 4 is 11.6 Å². The van der Waals surface area contributed by atoms with E-state index in [-0.39, 0.29) is 18.0 Å². The van der Waals surface area contributed by atoms with E-state index < -0.39 is 5.95 Å². The molecule has 0 aliphatic carbocycles. The number of fused-ring (bicyclic) bond motifs is 1. The van der Waals surface area contributed by atoms with Crippen molar-refractivity contribution < 1.29 is 9.18 Å². The zero-order valence-electron chi connectivity index (χ0n) is 5.60. The van der Waals surface area contributed by atoms with E-state index in [4.69, 9.17) is 0 Å². The molecule has 1 amide bonds. The van der Waals surface area contributed by atoms with Gasteiger partial charge in [0.2, 0.25) is 11.9 Å². The molecule has 56 valence electrons. The first-order valence-corrected chi connectivity index (χ1v) is 3.20. The van der Waals surface area contributed by atoms with Gasteiger partial charge in [-0.1, -0.05) is 0 Å². The van der Waals surface area contributed by atoms with E-state index in [0.717, 1.165) is 0 Å². The average molecular weight is 152 g/mol. The lowest BCUT2D eigenvalue weighted by Gasteiger charge is -1.96. The molecule has 0 aromatic carbocycles. The van der Waals surface area contributed by atoms with Gasteiger partial charge in [-0.2, -0.15) is 4.39 Å². The summed E-state index contributed by atoms with van der Waals surface area (Å²) in [6.45, 7) is 0. The minimum Gasteiger partial charge on any atom is -0.322 e. The molecule has 1 N–H and O–H groups in total. The Labute approximate surface area is 62.3 Å². The molecular formula is C7H5FN2O. The van der Waals surface area contributed by atoms with Crippen molar-refractivity contribution in [3.63, 3.8) is 0 Å². The summed E-state index contributed by atoms with van der Waals surface area (Å²) < 4.78 is 12.7. The Kier molecular flexibility index (Phi) is 1.15. The van der Waals surface area contributed by atoms with Crippen LogP contribution in [0.3, 0.4) is 0 Å². The van der Waals surface area contributed by atoms with Gasteiger partial charge in [-0.05, 0) is 11.6 Å². The summed E-state index contributed by atoms with van der Waals surface area (Å²) in [5, 5.41) is 2.39. The molecule has 0 spiro atoms. The molecule has 0 saturated heterocycles. The van der Waals surface area contributed by atoms with Gasteiger partial charge in [0.15, 0.2) is 0 Å². The molecule has 0 unspecified atom stereocenters. The molecule has 11 heavy (non-hydrogen) atoms. The lowest BCUT2D eigenvalue weighted by molar-refractivity contribution is -0.115. The predicted molar refractivity (Wildman–Crippen MR) is 36.5 cm³/mol. The second kappa shape index (κ2) is 2.02. The number of rotatable bonds is 0. The van der Waals surface area contributed by atoms with Gasteiger partial charge >= 0.3 is 0 Å². The Bertz CT molecular complexity index is 324. The third-order valence-corrected chi connectivity index (χ3v) is 1.61. The first-order chi connectivity index (χ1) is 5.27. The van der Waals surface area contributed by atoms with Crippen molar-refractivity contribution in [1.29, 1.82) is 0 Å². The third kappa shape index (κ3) is 0.869. The molecule has 0 bridgehead atoms. The predicted octanol–water partition coefficient (Wildman–Crippen LogP) is 0.715. The van der Waals surface area contributed by atoms with Gasteiger partial charge in [0, 0.05) is 6.20 Å². The lowest BCUT2D eigenvalue weighted by atomic mass is 10.2. The molecule has 1 aromatic rings. The van der Waals surface area contributed by atoms with Crippen molar-refractivity contribution in [1.82, 2.24) is 4.98 Å². The number of nitrogens with one attached hydrogen (secondary N) is 1. The summed E-state index contributed by atoms with van der Waals surface area (Å²) in [6.07, 6.45) is 1.61. The van der Waals surface area contributed by atoms with E-state index in [1.807, 2.05) is 0 Å². The fourth-order valence-corrected chi connectivity index (χ4v) is 1.11. The number of amides is 1. The van der Waals surface area contributed by atoms with Gasteiger partial charge in [0.05, 0.1) is 6.42 Å². The Morgan fingerprint density at radius 3 is 3.18 bits per heavy atom. The maximum atomic E-state index is 12.7. The molecule has 1 aliphatic heterocycles. The fourth-order valence-electron chi connectivity index (χ4n) is 1.11. The van der Waals surface area contributed by atoms with E-state index in [9.17, 15) is 9.18 Å². The van der Waals surface area contributed by atoms with Crippen LogP contribution in [0.1, 0.15) is 5.56 Å². The number of halogens is 1. The number of hydrogen-bond donors (Lipinski definition) is 1. The van der Waals surface area contributed by atoms with Crippen LogP contribution < -0.4 is 5.32 Å². The number of pyridine rings is 1. The first kappa shape index (κ1) is 6.27. The zero-order valence-corrected chi connectivity index (χ0v) is 5.60. The van der Waals surface area contributed by atoms with E-state index in [1.54, 1.807) is 6.07 Å². The van der Waals surface area contributed by atoms with E-state index in [1.165, 1.54) is 6.20 Å². The van der Waals surface area contributed by atoms with Crippen LogP contribution in [0.2, 0.25) is 0 Å².